The molecule has 0 heterocycles. The van der Waals surface area contributed by atoms with Gasteiger partial charge in [-0.25, -0.2) is 0 Å². The molecular formula is C15H19NO4. The molecule has 0 saturated heterocycles. The maximum Gasteiger partial charge on any atom is 0.305 e. The molecule has 0 aliphatic carbocycles. The van der Waals surface area contributed by atoms with Crippen LogP contribution in [0.25, 0.3) is 6.08 Å². The number of nitrogens with one attached hydrogen (secondary N) is 1. The molecule has 0 radical (unpaired) electrons. The standard InChI is InChI=1S/C15H19NO4/c1-3-12(10-15(18)19)16-14(17)9-6-11-4-7-13(20-2)8-5-11/h4-9,12H,3,10H2,1-2H3,(H,16,17)(H,18,19)/b9-6+. The average molecular weight is 277 g/mol. The summed E-state index contributed by atoms with van der Waals surface area (Å²) in [6, 6.07) is 6.92. The van der Waals surface area contributed by atoms with E-state index in [0.29, 0.717) is 6.42 Å². The summed E-state index contributed by atoms with van der Waals surface area (Å²) in [5.74, 6) is -0.468. The first-order valence-electron chi connectivity index (χ1n) is 6.39. The molecule has 1 aromatic carbocycles. The van der Waals surface area contributed by atoms with Gasteiger partial charge in [0.15, 0.2) is 0 Å². The van der Waals surface area contributed by atoms with E-state index < -0.39 is 5.97 Å². The molecule has 5 heteroatoms. The fraction of sp³-hybridized carbons (Fsp3) is 0.333. The van der Waals surface area contributed by atoms with Crippen molar-refractivity contribution < 1.29 is 19.4 Å². The molecule has 0 aromatic heterocycles. The summed E-state index contributed by atoms with van der Waals surface area (Å²) in [7, 11) is 1.59. The maximum atomic E-state index is 11.7. The van der Waals surface area contributed by atoms with Crippen LogP contribution in [0.5, 0.6) is 5.75 Å². The SMILES string of the molecule is CCC(CC(=O)O)NC(=O)/C=C/c1ccc(OC)cc1. The fourth-order valence-electron chi connectivity index (χ4n) is 1.64. The predicted molar refractivity (Wildman–Crippen MR) is 76.5 cm³/mol. The maximum absolute atomic E-state index is 11.7. The number of hydrogen-bond acceptors (Lipinski definition) is 3. The van der Waals surface area contributed by atoms with E-state index in [0.717, 1.165) is 11.3 Å². The third kappa shape index (κ3) is 5.56. The summed E-state index contributed by atoms with van der Waals surface area (Å²) >= 11 is 0. The number of carboxylic acids is 1. The van der Waals surface area contributed by atoms with Gasteiger partial charge in [0.05, 0.1) is 13.5 Å². The minimum absolute atomic E-state index is 0.0708. The van der Waals surface area contributed by atoms with Gasteiger partial charge in [0, 0.05) is 12.1 Å². The Morgan fingerprint density at radius 2 is 2.00 bits per heavy atom. The van der Waals surface area contributed by atoms with Crippen LogP contribution in [0.1, 0.15) is 25.3 Å². The van der Waals surface area contributed by atoms with Crippen LogP contribution in [-0.4, -0.2) is 30.1 Å². The second kappa shape index (κ2) is 7.99. The molecular weight excluding hydrogens is 258 g/mol. The molecule has 108 valence electrons. The Balaban J connectivity index is 2.55. The lowest BCUT2D eigenvalue weighted by Gasteiger charge is -2.12. The van der Waals surface area contributed by atoms with Gasteiger partial charge >= 0.3 is 5.97 Å². The summed E-state index contributed by atoms with van der Waals surface area (Å²) in [6.07, 6.45) is 3.57. The van der Waals surface area contributed by atoms with E-state index in [9.17, 15) is 9.59 Å². The number of hydrogen-bond donors (Lipinski definition) is 2. The van der Waals surface area contributed by atoms with Crippen molar-refractivity contribution in [2.24, 2.45) is 0 Å². The number of methoxy groups -OCH3 is 1. The monoisotopic (exact) mass is 277 g/mol. The molecule has 0 spiro atoms. The first-order chi connectivity index (χ1) is 9.55. The Labute approximate surface area is 118 Å². The average Bonchev–Trinajstić information content (AvgIpc) is 2.44. The number of aliphatic carboxylic acids is 1. The molecule has 1 amide bonds. The Morgan fingerprint density at radius 1 is 1.35 bits per heavy atom. The van der Waals surface area contributed by atoms with Crippen LogP contribution < -0.4 is 10.1 Å². The van der Waals surface area contributed by atoms with E-state index >= 15 is 0 Å². The molecule has 5 nitrogen and oxygen atoms in total. The lowest BCUT2D eigenvalue weighted by molar-refractivity contribution is -0.137. The van der Waals surface area contributed by atoms with Gasteiger partial charge < -0.3 is 15.2 Å². The van der Waals surface area contributed by atoms with Crippen LogP contribution in [0.3, 0.4) is 0 Å². The number of amides is 1. The van der Waals surface area contributed by atoms with Crippen LogP contribution in [0.2, 0.25) is 0 Å². The number of carbonyl (C=O) groups is 2. The topological polar surface area (TPSA) is 75.6 Å². The van der Waals surface area contributed by atoms with E-state index in [1.807, 2.05) is 19.1 Å². The van der Waals surface area contributed by atoms with Crippen molar-refractivity contribution in [2.75, 3.05) is 7.11 Å². The van der Waals surface area contributed by atoms with Crippen molar-refractivity contribution in [2.45, 2.75) is 25.8 Å². The highest BCUT2D eigenvalue weighted by Gasteiger charge is 2.12. The van der Waals surface area contributed by atoms with Crippen LogP contribution in [-0.2, 0) is 9.59 Å². The van der Waals surface area contributed by atoms with E-state index in [1.54, 1.807) is 25.3 Å². The molecule has 0 saturated carbocycles. The first-order valence-corrected chi connectivity index (χ1v) is 6.39. The van der Waals surface area contributed by atoms with Gasteiger partial charge in [-0.3, -0.25) is 9.59 Å². The molecule has 1 unspecified atom stereocenters. The zero-order chi connectivity index (χ0) is 15.0. The second-order valence-corrected chi connectivity index (χ2v) is 4.32. The van der Waals surface area contributed by atoms with E-state index in [-0.39, 0.29) is 18.4 Å². The van der Waals surface area contributed by atoms with Crippen LogP contribution in [0.15, 0.2) is 30.3 Å². The predicted octanol–water partition coefficient (Wildman–Crippen LogP) is 2.08. The molecule has 1 aromatic rings. The molecule has 1 atom stereocenters. The molecule has 0 aliphatic rings. The number of carboxylic acid groups (broad SMARTS) is 1. The molecule has 2 N–H and O–H groups in total. The number of ether oxygens (including phenoxy) is 1. The molecule has 0 aliphatic heterocycles. The van der Waals surface area contributed by atoms with Gasteiger partial charge in [0.25, 0.3) is 0 Å². The molecule has 20 heavy (non-hydrogen) atoms. The zero-order valence-electron chi connectivity index (χ0n) is 11.6. The Kier molecular flexibility index (Phi) is 6.29. The van der Waals surface area contributed by atoms with Crippen molar-refractivity contribution in [1.82, 2.24) is 5.32 Å². The van der Waals surface area contributed by atoms with Crippen molar-refractivity contribution in [1.29, 1.82) is 0 Å². The summed E-state index contributed by atoms with van der Waals surface area (Å²) in [6.45, 7) is 1.83. The van der Waals surface area contributed by atoms with Crippen molar-refractivity contribution in [3.05, 3.63) is 35.9 Å². The Hall–Kier alpha value is -2.30. The quantitative estimate of drug-likeness (QED) is 0.748. The van der Waals surface area contributed by atoms with E-state index in [4.69, 9.17) is 9.84 Å². The first kappa shape index (κ1) is 15.8. The molecule has 0 bridgehead atoms. The van der Waals surface area contributed by atoms with Crippen molar-refractivity contribution in [3.63, 3.8) is 0 Å². The molecule has 1 rings (SSSR count). The van der Waals surface area contributed by atoms with E-state index in [1.165, 1.54) is 6.08 Å². The number of carbonyl (C=O) groups excluding carboxylic acids is 1. The number of rotatable bonds is 7. The second-order valence-electron chi connectivity index (χ2n) is 4.32. The highest BCUT2D eigenvalue weighted by Crippen LogP contribution is 2.12. The normalized spacial score (nSPS) is 12.1. The van der Waals surface area contributed by atoms with Crippen LogP contribution in [0, 0.1) is 0 Å². The zero-order valence-corrected chi connectivity index (χ0v) is 11.6. The summed E-state index contributed by atoms with van der Waals surface area (Å²) in [5.41, 5.74) is 0.868. The smallest absolute Gasteiger partial charge is 0.305 e. The van der Waals surface area contributed by atoms with Gasteiger partial charge in [-0.15, -0.1) is 0 Å². The van der Waals surface area contributed by atoms with Crippen LogP contribution >= 0.6 is 0 Å². The Morgan fingerprint density at radius 3 is 2.50 bits per heavy atom. The van der Waals surface area contributed by atoms with Gasteiger partial charge in [-0.2, -0.15) is 0 Å². The molecule has 0 fully saturated rings. The fourth-order valence-corrected chi connectivity index (χ4v) is 1.64. The minimum Gasteiger partial charge on any atom is -0.497 e. The van der Waals surface area contributed by atoms with Gasteiger partial charge in [0.2, 0.25) is 5.91 Å². The minimum atomic E-state index is -0.920. The lowest BCUT2D eigenvalue weighted by Crippen LogP contribution is -2.34. The van der Waals surface area contributed by atoms with Crippen molar-refractivity contribution in [3.8, 4) is 5.75 Å². The highest BCUT2D eigenvalue weighted by atomic mass is 16.5. The Bertz CT molecular complexity index is 479. The van der Waals surface area contributed by atoms with Gasteiger partial charge in [-0.05, 0) is 30.2 Å². The third-order valence-corrected chi connectivity index (χ3v) is 2.80. The van der Waals surface area contributed by atoms with Gasteiger partial charge in [-0.1, -0.05) is 19.1 Å². The van der Waals surface area contributed by atoms with E-state index in [2.05, 4.69) is 5.32 Å². The summed E-state index contributed by atoms with van der Waals surface area (Å²) in [5, 5.41) is 11.4. The summed E-state index contributed by atoms with van der Waals surface area (Å²) in [4.78, 5) is 22.3. The largest absolute Gasteiger partial charge is 0.497 e. The third-order valence-electron chi connectivity index (χ3n) is 2.80. The van der Waals surface area contributed by atoms with Crippen molar-refractivity contribution >= 4 is 18.0 Å². The highest BCUT2D eigenvalue weighted by molar-refractivity contribution is 5.92. The van der Waals surface area contributed by atoms with Gasteiger partial charge in [0.1, 0.15) is 5.75 Å². The van der Waals surface area contributed by atoms with Crippen LogP contribution in [0.4, 0.5) is 0 Å². The summed E-state index contributed by atoms with van der Waals surface area (Å²) < 4.78 is 5.04. The lowest BCUT2D eigenvalue weighted by atomic mass is 10.1. The number of benzene rings is 1.